The first-order chi connectivity index (χ1) is 6.93. The van der Waals surface area contributed by atoms with Crippen LogP contribution in [0.25, 0.3) is 0 Å². The first-order valence-corrected chi connectivity index (χ1v) is 4.80. The Morgan fingerprint density at radius 1 is 1.47 bits per heavy atom. The van der Waals surface area contributed by atoms with Crippen molar-refractivity contribution in [2.24, 2.45) is 5.73 Å². The van der Waals surface area contributed by atoms with Crippen LogP contribution in [-0.4, -0.2) is 17.1 Å². The summed E-state index contributed by atoms with van der Waals surface area (Å²) in [5.74, 6) is -1.94. The second kappa shape index (κ2) is 4.79. The molecule has 0 fully saturated rings. The van der Waals surface area contributed by atoms with E-state index >= 15 is 0 Å². The van der Waals surface area contributed by atoms with Gasteiger partial charge in [0.1, 0.15) is 11.9 Å². The Hall–Kier alpha value is -0.840. The number of carbonyl (C=O) groups is 1. The van der Waals surface area contributed by atoms with Crippen LogP contribution in [0.1, 0.15) is 5.56 Å². The lowest BCUT2D eigenvalue weighted by atomic mass is 10.1. The van der Waals surface area contributed by atoms with Gasteiger partial charge in [-0.25, -0.2) is 4.39 Å². The highest BCUT2D eigenvalue weighted by Crippen LogP contribution is 2.26. The second-order valence-electron chi connectivity index (χ2n) is 2.97. The molecule has 0 heterocycles. The third-order valence-corrected chi connectivity index (χ3v) is 2.53. The molecule has 0 aliphatic rings. The molecule has 0 aliphatic carbocycles. The van der Waals surface area contributed by atoms with Crippen molar-refractivity contribution in [1.82, 2.24) is 0 Å². The van der Waals surface area contributed by atoms with Gasteiger partial charge in [0.25, 0.3) is 0 Å². The monoisotopic (exact) mass is 251 g/mol. The molecule has 1 rings (SSSR count). The summed E-state index contributed by atoms with van der Waals surface area (Å²) in [6.45, 7) is 0. The standard InChI is InChI=1S/C9H8Cl2FNO2/c10-5-1-2-6(11)8(12)4(5)3-7(13)9(14)15/h1-2,7H,3,13H2,(H,14,15). The van der Waals surface area contributed by atoms with Crippen molar-refractivity contribution in [3.8, 4) is 0 Å². The molecule has 3 nitrogen and oxygen atoms in total. The van der Waals surface area contributed by atoms with Crippen molar-refractivity contribution >= 4 is 29.2 Å². The van der Waals surface area contributed by atoms with E-state index in [0.717, 1.165) is 0 Å². The minimum absolute atomic E-state index is 0.0269. The molecule has 3 N–H and O–H groups in total. The fourth-order valence-electron chi connectivity index (χ4n) is 1.06. The minimum atomic E-state index is -1.22. The number of rotatable bonds is 3. The Morgan fingerprint density at radius 2 is 2.00 bits per heavy atom. The molecular weight excluding hydrogens is 244 g/mol. The Balaban J connectivity index is 3.03. The highest BCUT2D eigenvalue weighted by atomic mass is 35.5. The summed E-state index contributed by atoms with van der Waals surface area (Å²) in [5, 5.41) is 8.59. The number of aliphatic carboxylic acids is 1. The summed E-state index contributed by atoms with van der Waals surface area (Å²) in [6, 6.07) is 1.50. The van der Waals surface area contributed by atoms with Gasteiger partial charge in [-0.2, -0.15) is 0 Å². The maximum Gasteiger partial charge on any atom is 0.320 e. The number of nitrogens with two attached hydrogens (primary N) is 1. The fraction of sp³-hybridized carbons (Fsp3) is 0.222. The van der Waals surface area contributed by atoms with E-state index in [1.54, 1.807) is 0 Å². The van der Waals surface area contributed by atoms with E-state index in [9.17, 15) is 9.18 Å². The second-order valence-corrected chi connectivity index (χ2v) is 3.78. The van der Waals surface area contributed by atoms with Gasteiger partial charge in [0.15, 0.2) is 0 Å². The van der Waals surface area contributed by atoms with Gasteiger partial charge in [0, 0.05) is 17.0 Å². The molecule has 0 amide bonds. The zero-order valence-electron chi connectivity index (χ0n) is 7.51. The minimum Gasteiger partial charge on any atom is -0.480 e. The van der Waals surface area contributed by atoms with Crippen LogP contribution < -0.4 is 5.73 Å². The van der Waals surface area contributed by atoms with Gasteiger partial charge >= 0.3 is 5.97 Å². The van der Waals surface area contributed by atoms with Gasteiger partial charge in [-0.1, -0.05) is 23.2 Å². The van der Waals surface area contributed by atoms with Crippen LogP contribution in [-0.2, 0) is 11.2 Å². The molecule has 1 atom stereocenters. The quantitative estimate of drug-likeness (QED) is 0.809. The first kappa shape index (κ1) is 12.2. The Labute approximate surface area is 95.6 Å². The molecule has 1 aromatic rings. The maximum atomic E-state index is 13.4. The maximum absolute atomic E-state index is 13.4. The third kappa shape index (κ3) is 2.81. The molecule has 0 aliphatic heterocycles. The highest BCUT2D eigenvalue weighted by Gasteiger charge is 2.18. The van der Waals surface area contributed by atoms with Gasteiger partial charge in [-0.3, -0.25) is 4.79 Å². The number of carboxylic acids is 1. The van der Waals surface area contributed by atoms with Crippen molar-refractivity contribution < 1.29 is 14.3 Å². The van der Waals surface area contributed by atoms with E-state index in [4.69, 9.17) is 34.0 Å². The summed E-state index contributed by atoms with van der Waals surface area (Å²) in [6.07, 6.45) is -0.194. The largest absolute Gasteiger partial charge is 0.480 e. The number of hydrogen-bond acceptors (Lipinski definition) is 2. The van der Waals surface area contributed by atoms with Crippen LogP contribution in [0.4, 0.5) is 4.39 Å². The average molecular weight is 252 g/mol. The molecule has 0 aromatic heterocycles. The number of hydrogen-bond donors (Lipinski definition) is 2. The molecule has 82 valence electrons. The van der Waals surface area contributed by atoms with E-state index in [-0.39, 0.29) is 22.0 Å². The summed E-state index contributed by atoms with van der Waals surface area (Å²) in [5.41, 5.74) is 5.30. The lowest BCUT2D eigenvalue weighted by Crippen LogP contribution is -2.32. The van der Waals surface area contributed by atoms with Crippen LogP contribution in [0.2, 0.25) is 10.0 Å². The van der Waals surface area contributed by atoms with Crippen LogP contribution in [0, 0.1) is 5.82 Å². The zero-order chi connectivity index (χ0) is 11.6. The average Bonchev–Trinajstić information content (AvgIpc) is 2.18. The molecule has 0 bridgehead atoms. The van der Waals surface area contributed by atoms with E-state index in [2.05, 4.69) is 0 Å². The summed E-state index contributed by atoms with van der Waals surface area (Å²) < 4.78 is 13.4. The van der Waals surface area contributed by atoms with Crippen LogP contribution >= 0.6 is 23.2 Å². The summed E-state index contributed by atoms with van der Waals surface area (Å²) >= 11 is 11.2. The Kier molecular flexibility index (Phi) is 3.90. The molecule has 1 aromatic carbocycles. The summed E-state index contributed by atoms with van der Waals surface area (Å²) in [4.78, 5) is 10.5. The number of carboxylic acid groups (broad SMARTS) is 1. The van der Waals surface area contributed by atoms with Crippen molar-refractivity contribution in [2.45, 2.75) is 12.5 Å². The highest BCUT2D eigenvalue weighted by molar-refractivity contribution is 6.33. The topological polar surface area (TPSA) is 63.3 Å². The first-order valence-electron chi connectivity index (χ1n) is 4.04. The smallest absolute Gasteiger partial charge is 0.320 e. The zero-order valence-corrected chi connectivity index (χ0v) is 9.02. The molecule has 0 saturated heterocycles. The SMILES string of the molecule is NC(Cc1c(Cl)ccc(Cl)c1F)C(=O)O. The Morgan fingerprint density at radius 3 is 2.53 bits per heavy atom. The summed E-state index contributed by atoms with van der Waals surface area (Å²) in [7, 11) is 0. The molecule has 0 saturated carbocycles. The van der Waals surface area contributed by atoms with Crippen LogP contribution in [0.5, 0.6) is 0 Å². The van der Waals surface area contributed by atoms with Gasteiger partial charge in [0.2, 0.25) is 0 Å². The van der Waals surface area contributed by atoms with Gasteiger partial charge in [-0.05, 0) is 12.1 Å². The van der Waals surface area contributed by atoms with Crippen LogP contribution in [0.3, 0.4) is 0 Å². The molecule has 0 spiro atoms. The lowest BCUT2D eigenvalue weighted by Gasteiger charge is -2.10. The number of benzene rings is 1. The van der Waals surface area contributed by atoms with E-state index in [1.165, 1.54) is 12.1 Å². The molecular formula is C9H8Cl2FNO2. The third-order valence-electron chi connectivity index (χ3n) is 1.88. The van der Waals surface area contributed by atoms with Crippen LogP contribution in [0.15, 0.2) is 12.1 Å². The van der Waals surface area contributed by atoms with Crippen molar-refractivity contribution in [2.75, 3.05) is 0 Å². The molecule has 15 heavy (non-hydrogen) atoms. The predicted octanol–water partition coefficient (Wildman–Crippen LogP) is 2.09. The molecule has 1 unspecified atom stereocenters. The predicted molar refractivity (Wildman–Crippen MR) is 55.7 cm³/mol. The molecule has 0 radical (unpaired) electrons. The van der Waals surface area contributed by atoms with E-state index in [0.29, 0.717) is 0 Å². The van der Waals surface area contributed by atoms with Crippen molar-refractivity contribution in [3.05, 3.63) is 33.6 Å². The van der Waals surface area contributed by atoms with Gasteiger partial charge in [-0.15, -0.1) is 0 Å². The Bertz CT molecular complexity index is 398. The van der Waals surface area contributed by atoms with Gasteiger partial charge < -0.3 is 10.8 Å². The lowest BCUT2D eigenvalue weighted by molar-refractivity contribution is -0.138. The number of halogens is 3. The van der Waals surface area contributed by atoms with E-state index in [1.807, 2.05) is 0 Å². The normalized spacial score (nSPS) is 12.5. The van der Waals surface area contributed by atoms with Crippen molar-refractivity contribution in [3.63, 3.8) is 0 Å². The van der Waals surface area contributed by atoms with Gasteiger partial charge in [0.05, 0.1) is 5.02 Å². The van der Waals surface area contributed by atoms with E-state index < -0.39 is 17.8 Å². The molecule has 6 heteroatoms. The fourth-order valence-corrected chi connectivity index (χ4v) is 1.46. The van der Waals surface area contributed by atoms with Crippen molar-refractivity contribution in [1.29, 1.82) is 0 Å².